The van der Waals surface area contributed by atoms with E-state index in [1.165, 1.54) is 70.6 Å². The molecule has 0 heterocycles. The van der Waals surface area contributed by atoms with Crippen LogP contribution in [0.5, 0.6) is 0 Å². The van der Waals surface area contributed by atoms with Gasteiger partial charge in [0.1, 0.15) is 11.2 Å². The Bertz CT molecular complexity index is 570. The Hall–Kier alpha value is -1.50. The van der Waals surface area contributed by atoms with Gasteiger partial charge in [-0.2, -0.15) is 0 Å². The zero-order valence-corrected chi connectivity index (χ0v) is 25.4. The lowest BCUT2D eigenvalue weighted by Crippen LogP contribution is -2.44. The van der Waals surface area contributed by atoms with E-state index in [4.69, 9.17) is 9.47 Å². The maximum absolute atomic E-state index is 12.3. The van der Waals surface area contributed by atoms with Gasteiger partial charge in [0.2, 0.25) is 0 Å². The van der Waals surface area contributed by atoms with Crippen molar-refractivity contribution >= 4 is 12.2 Å². The molecule has 220 valence electrons. The third kappa shape index (κ3) is 27.4. The molecule has 0 radical (unpaired) electrons. The normalized spacial score (nSPS) is 12.7. The van der Waals surface area contributed by atoms with Crippen LogP contribution < -0.4 is 16.0 Å². The van der Waals surface area contributed by atoms with Crippen LogP contribution >= 0.6 is 0 Å². The molecule has 0 fully saturated rings. The fourth-order valence-electron chi connectivity index (χ4n) is 4.09. The molecule has 0 aromatic rings. The Morgan fingerprint density at radius 1 is 0.622 bits per heavy atom. The van der Waals surface area contributed by atoms with Crippen LogP contribution in [0.2, 0.25) is 0 Å². The van der Waals surface area contributed by atoms with Crippen LogP contribution in [0.15, 0.2) is 0 Å². The average Bonchev–Trinajstić information content (AvgIpc) is 2.76. The number of hydrogen-bond donors (Lipinski definition) is 3. The van der Waals surface area contributed by atoms with Crippen LogP contribution in [0.1, 0.15) is 145 Å². The van der Waals surface area contributed by atoms with Gasteiger partial charge >= 0.3 is 12.2 Å². The molecule has 0 aromatic heterocycles. The summed E-state index contributed by atoms with van der Waals surface area (Å²) in [5.74, 6) is 0. The Morgan fingerprint density at radius 3 is 1.59 bits per heavy atom. The van der Waals surface area contributed by atoms with Gasteiger partial charge in [-0.25, -0.2) is 9.59 Å². The van der Waals surface area contributed by atoms with E-state index < -0.39 is 11.2 Å². The minimum absolute atomic E-state index is 0.00583. The lowest BCUT2D eigenvalue weighted by Gasteiger charge is -2.24. The van der Waals surface area contributed by atoms with Gasteiger partial charge in [0.25, 0.3) is 0 Å². The summed E-state index contributed by atoms with van der Waals surface area (Å²) in [7, 11) is 0. The molecule has 0 aliphatic rings. The number of alkyl carbamates (subject to hydrolysis) is 2. The zero-order chi connectivity index (χ0) is 28.0. The molecule has 0 spiro atoms. The summed E-state index contributed by atoms with van der Waals surface area (Å²) in [5.41, 5.74) is -1.01. The molecule has 0 saturated carbocycles. The molecule has 0 aliphatic carbocycles. The number of rotatable bonds is 21. The summed E-state index contributed by atoms with van der Waals surface area (Å²) < 4.78 is 10.7. The highest BCUT2D eigenvalue weighted by molar-refractivity contribution is 5.68. The van der Waals surface area contributed by atoms with Crippen molar-refractivity contribution in [1.29, 1.82) is 0 Å². The van der Waals surface area contributed by atoms with Gasteiger partial charge in [-0.15, -0.1) is 0 Å². The first-order valence-corrected chi connectivity index (χ1v) is 15.1. The number of unbranched alkanes of at least 4 members (excludes halogenated alkanes) is 12. The highest BCUT2D eigenvalue weighted by Crippen LogP contribution is 2.12. The fraction of sp³-hybridized carbons (Fsp3) is 0.933. The quantitative estimate of drug-likeness (QED) is 0.132. The SMILES string of the molecule is CCCCCCCCCCCCCCNC[C@H](CCCCNC(=O)OC(C)(C)C)NC(=O)OC(C)(C)C. The van der Waals surface area contributed by atoms with E-state index in [-0.39, 0.29) is 18.2 Å². The summed E-state index contributed by atoms with van der Waals surface area (Å²) >= 11 is 0. The van der Waals surface area contributed by atoms with Gasteiger partial charge in [-0.05, 0) is 73.8 Å². The number of ether oxygens (including phenoxy) is 2. The second-order valence-corrected chi connectivity index (χ2v) is 12.4. The second-order valence-electron chi connectivity index (χ2n) is 12.4. The summed E-state index contributed by atoms with van der Waals surface area (Å²) in [4.78, 5) is 24.1. The van der Waals surface area contributed by atoms with E-state index in [0.717, 1.165) is 38.8 Å². The van der Waals surface area contributed by atoms with Crippen LogP contribution in [0.4, 0.5) is 9.59 Å². The van der Waals surface area contributed by atoms with Crippen molar-refractivity contribution in [3.05, 3.63) is 0 Å². The third-order valence-corrected chi connectivity index (χ3v) is 5.97. The van der Waals surface area contributed by atoms with Crippen LogP contribution in [0.25, 0.3) is 0 Å². The molecular weight excluding hydrogens is 466 g/mol. The van der Waals surface area contributed by atoms with E-state index in [1.54, 1.807) is 0 Å². The van der Waals surface area contributed by atoms with Crippen LogP contribution in [0, 0.1) is 0 Å². The maximum Gasteiger partial charge on any atom is 0.407 e. The first kappa shape index (κ1) is 35.5. The molecule has 3 N–H and O–H groups in total. The second kappa shape index (κ2) is 21.4. The number of carbonyl (C=O) groups is 2. The molecule has 0 aliphatic heterocycles. The number of carbonyl (C=O) groups excluding carboxylic acids is 2. The first-order chi connectivity index (χ1) is 17.4. The maximum atomic E-state index is 12.3. The zero-order valence-electron chi connectivity index (χ0n) is 25.4. The monoisotopic (exact) mass is 527 g/mol. The van der Waals surface area contributed by atoms with E-state index >= 15 is 0 Å². The average molecular weight is 528 g/mol. The van der Waals surface area contributed by atoms with Crippen molar-refractivity contribution < 1.29 is 19.1 Å². The van der Waals surface area contributed by atoms with Gasteiger partial charge < -0.3 is 25.4 Å². The molecule has 0 unspecified atom stereocenters. The molecule has 2 amide bonds. The Kier molecular flexibility index (Phi) is 20.6. The third-order valence-electron chi connectivity index (χ3n) is 5.97. The topological polar surface area (TPSA) is 88.7 Å². The molecule has 0 bridgehead atoms. The summed E-state index contributed by atoms with van der Waals surface area (Å²) in [6.07, 6.45) is 17.9. The predicted molar refractivity (Wildman–Crippen MR) is 155 cm³/mol. The van der Waals surface area contributed by atoms with Crippen molar-refractivity contribution in [3.63, 3.8) is 0 Å². The molecular formula is C30H61N3O4. The summed E-state index contributed by atoms with van der Waals surface area (Å²) in [5, 5.41) is 9.32. The molecule has 1 atom stereocenters. The number of nitrogens with one attached hydrogen (secondary N) is 3. The van der Waals surface area contributed by atoms with Crippen molar-refractivity contribution in [1.82, 2.24) is 16.0 Å². The van der Waals surface area contributed by atoms with Gasteiger partial charge in [-0.3, -0.25) is 0 Å². The highest BCUT2D eigenvalue weighted by atomic mass is 16.6. The largest absolute Gasteiger partial charge is 0.444 e. The molecule has 0 rings (SSSR count). The first-order valence-electron chi connectivity index (χ1n) is 15.1. The van der Waals surface area contributed by atoms with E-state index in [2.05, 4.69) is 22.9 Å². The number of amides is 2. The molecule has 0 saturated heterocycles. The van der Waals surface area contributed by atoms with Crippen LogP contribution in [-0.2, 0) is 9.47 Å². The van der Waals surface area contributed by atoms with Crippen LogP contribution in [-0.4, -0.2) is 49.1 Å². The Balaban J connectivity index is 4.05. The van der Waals surface area contributed by atoms with Gasteiger partial charge in [-0.1, -0.05) is 77.6 Å². The number of hydrogen-bond acceptors (Lipinski definition) is 5. The fourth-order valence-corrected chi connectivity index (χ4v) is 4.09. The van der Waals surface area contributed by atoms with Gasteiger partial charge in [0.05, 0.1) is 0 Å². The van der Waals surface area contributed by atoms with Crippen molar-refractivity contribution in [2.45, 2.75) is 162 Å². The minimum Gasteiger partial charge on any atom is -0.444 e. The van der Waals surface area contributed by atoms with E-state index in [9.17, 15) is 9.59 Å². The van der Waals surface area contributed by atoms with E-state index in [1.807, 2.05) is 41.5 Å². The Morgan fingerprint density at radius 2 is 1.08 bits per heavy atom. The minimum atomic E-state index is -0.519. The van der Waals surface area contributed by atoms with Crippen molar-refractivity contribution in [3.8, 4) is 0 Å². The molecule has 37 heavy (non-hydrogen) atoms. The standard InChI is InChI=1S/C30H61N3O4/c1-8-9-10-11-12-13-14-15-16-17-18-20-23-31-25-26(33-28(35)37-30(5,6)7)22-19-21-24-32-27(34)36-29(2,3)4/h26,31H,8-25H2,1-7H3,(H,32,34)(H,33,35)/t26-/m0/s1. The van der Waals surface area contributed by atoms with Gasteiger partial charge in [0.15, 0.2) is 0 Å². The molecule has 7 heteroatoms. The predicted octanol–water partition coefficient (Wildman–Crippen LogP) is 7.87. The Labute approximate surface area is 229 Å². The lowest BCUT2D eigenvalue weighted by molar-refractivity contribution is 0.0499. The van der Waals surface area contributed by atoms with E-state index in [0.29, 0.717) is 6.54 Å². The summed E-state index contributed by atoms with van der Waals surface area (Å²) in [6.45, 7) is 15.7. The lowest BCUT2D eigenvalue weighted by atomic mass is 10.1. The molecule has 7 nitrogen and oxygen atoms in total. The van der Waals surface area contributed by atoms with Crippen molar-refractivity contribution in [2.75, 3.05) is 19.6 Å². The highest BCUT2D eigenvalue weighted by Gasteiger charge is 2.19. The smallest absolute Gasteiger partial charge is 0.407 e. The van der Waals surface area contributed by atoms with Crippen molar-refractivity contribution in [2.24, 2.45) is 0 Å². The van der Waals surface area contributed by atoms with Crippen LogP contribution in [0.3, 0.4) is 0 Å². The summed E-state index contributed by atoms with van der Waals surface area (Å²) in [6, 6.07) is -0.00583. The molecule has 0 aromatic carbocycles. The van der Waals surface area contributed by atoms with Gasteiger partial charge in [0, 0.05) is 19.1 Å².